The maximum absolute atomic E-state index is 12.7. The SMILES string of the molecule is C[C@H](c1ccc(Cl)cc1Cl)n1cnc2ccc(C3=CCN(C(=O)C4CCCN4)CC3)cc21. The molecule has 5 rings (SSSR count). The van der Waals surface area contributed by atoms with E-state index in [2.05, 4.69) is 46.1 Å². The summed E-state index contributed by atoms with van der Waals surface area (Å²) in [6, 6.07) is 12.0. The van der Waals surface area contributed by atoms with Gasteiger partial charge in [0.2, 0.25) is 5.91 Å². The van der Waals surface area contributed by atoms with E-state index in [4.69, 9.17) is 23.2 Å². The van der Waals surface area contributed by atoms with E-state index in [1.807, 2.05) is 23.4 Å². The summed E-state index contributed by atoms with van der Waals surface area (Å²) in [5.74, 6) is 0.236. The Hall–Kier alpha value is -2.34. The summed E-state index contributed by atoms with van der Waals surface area (Å²) >= 11 is 12.5. The van der Waals surface area contributed by atoms with Crippen LogP contribution in [0.15, 0.2) is 48.8 Å². The van der Waals surface area contributed by atoms with Gasteiger partial charge in [-0.15, -0.1) is 0 Å². The molecule has 7 heteroatoms. The predicted octanol–water partition coefficient (Wildman–Crippen LogP) is 5.32. The third-order valence-electron chi connectivity index (χ3n) is 6.65. The second-order valence-corrected chi connectivity index (χ2v) is 9.45. The second kappa shape index (κ2) is 8.89. The standard InChI is InChI=1S/C25H26Cl2N4O/c1-16(20-6-5-19(26)14-21(20)27)31-15-29-22-7-4-18(13-24(22)31)17-8-11-30(12-9-17)25(32)23-3-2-10-28-23/h4-8,13-16,23,28H,2-3,9-12H2,1H3/t16-,23?/m1/s1. The van der Waals surface area contributed by atoms with Crippen LogP contribution in [-0.4, -0.2) is 46.0 Å². The van der Waals surface area contributed by atoms with Crippen LogP contribution in [0.3, 0.4) is 0 Å². The first kappa shape index (κ1) is 21.5. The van der Waals surface area contributed by atoms with Gasteiger partial charge in [-0.1, -0.05) is 41.4 Å². The Morgan fingerprint density at radius 2 is 2.09 bits per heavy atom. The van der Waals surface area contributed by atoms with Crippen LogP contribution in [0.25, 0.3) is 16.6 Å². The van der Waals surface area contributed by atoms with Crippen molar-refractivity contribution in [1.82, 2.24) is 19.8 Å². The third-order valence-corrected chi connectivity index (χ3v) is 7.22. The van der Waals surface area contributed by atoms with E-state index in [-0.39, 0.29) is 18.0 Å². The monoisotopic (exact) mass is 468 g/mol. The number of rotatable bonds is 4. The quantitative estimate of drug-likeness (QED) is 0.563. The third kappa shape index (κ3) is 4.05. The Balaban J connectivity index is 1.40. The van der Waals surface area contributed by atoms with E-state index in [9.17, 15) is 4.79 Å². The van der Waals surface area contributed by atoms with E-state index in [0.29, 0.717) is 16.6 Å². The van der Waals surface area contributed by atoms with Crippen LogP contribution in [0.4, 0.5) is 0 Å². The molecular formula is C25H26Cl2N4O. The number of hydrogen-bond acceptors (Lipinski definition) is 3. The molecule has 0 radical (unpaired) electrons. The molecule has 5 nitrogen and oxygen atoms in total. The fraction of sp³-hybridized carbons (Fsp3) is 0.360. The molecule has 1 amide bonds. The van der Waals surface area contributed by atoms with Crippen molar-refractivity contribution in [3.8, 4) is 0 Å². The highest BCUT2D eigenvalue weighted by Gasteiger charge is 2.28. The lowest BCUT2D eigenvalue weighted by atomic mass is 9.98. The highest BCUT2D eigenvalue weighted by atomic mass is 35.5. The van der Waals surface area contributed by atoms with Crippen molar-refractivity contribution in [1.29, 1.82) is 0 Å². The molecule has 1 saturated heterocycles. The number of benzene rings is 2. The van der Waals surface area contributed by atoms with Crippen molar-refractivity contribution >= 4 is 45.7 Å². The molecule has 0 spiro atoms. The van der Waals surface area contributed by atoms with Gasteiger partial charge in [0.15, 0.2) is 0 Å². The Kier molecular flexibility index (Phi) is 5.97. The number of nitrogens with one attached hydrogen (secondary N) is 1. The molecule has 166 valence electrons. The molecule has 1 unspecified atom stereocenters. The molecule has 2 aliphatic heterocycles. The summed E-state index contributed by atoms with van der Waals surface area (Å²) in [6.07, 6.45) is 6.95. The van der Waals surface area contributed by atoms with E-state index >= 15 is 0 Å². The van der Waals surface area contributed by atoms with Gasteiger partial charge in [-0.25, -0.2) is 4.98 Å². The zero-order valence-corrected chi connectivity index (χ0v) is 19.5. The van der Waals surface area contributed by atoms with E-state index in [0.717, 1.165) is 48.9 Å². The van der Waals surface area contributed by atoms with Crippen LogP contribution in [0.2, 0.25) is 10.0 Å². The number of hydrogen-bond donors (Lipinski definition) is 1. The molecule has 2 aromatic carbocycles. The van der Waals surface area contributed by atoms with Gasteiger partial charge in [-0.3, -0.25) is 4.79 Å². The second-order valence-electron chi connectivity index (χ2n) is 8.61. The lowest BCUT2D eigenvalue weighted by Gasteiger charge is -2.29. The van der Waals surface area contributed by atoms with Gasteiger partial charge < -0.3 is 14.8 Å². The Morgan fingerprint density at radius 3 is 2.81 bits per heavy atom. The van der Waals surface area contributed by atoms with Crippen molar-refractivity contribution in [3.05, 3.63) is 70.0 Å². The van der Waals surface area contributed by atoms with Crippen LogP contribution < -0.4 is 5.32 Å². The highest BCUT2D eigenvalue weighted by Crippen LogP contribution is 2.32. The van der Waals surface area contributed by atoms with Crippen LogP contribution >= 0.6 is 23.2 Å². The Bertz CT molecular complexity index is 1200. The van der Waals surface area contributed by atoms with Crippen LogP contribution in [-0.2, 0) is 4.79 Å². The minimum absolute atomic E-state index is 0.00293. The van der Waals surface area contributed by atoms with E-state index < -0.39 is 0 Å². The molecule has 0 bridgehead atoms. The van der Waals surface area contributed by atoms with Crippen LogP contribution in [0, 0.1) is 0 Å². The zero-order valence-electron chi connectivity index (χ0n) is 18.0. The molecule has 0 saturated carbocycles. The fourth-order valence-corrected chi connectivity index (χ4v) is 5.34. The smallest absolute Gasteiger partial charge is 0.239 e. The lowest BCUT2D eigenvalue weighted by Crippen LogP contribution is -2.45. The first-order chi connectivity index (χ1) is 15.5. The first-order valence-corrected chi connectivity index (χ1v) is 11.9. The summed E-state index contributed by atoms with van der Waals surface area (Å²) in [5.41, 5.74) is 5.48. The zero-order chi connectivity index (χ0) is 22.2. The van der Waals surface area contributed by atoms with Crippen molar-refractivity contribution < 1.29 is 4.79 Å². The number of carbonyl (C=O) groups is 1. The molecular weight excluding hydrogens is 443 g/mol. The number of amides is 1. The summed E-state index contributed by atoms with van der Waals surface area (Å²) in [5, 5.41) is 4.59. The normalized spacial score (nSPS) is 19.9. The van der Waals surface area contributed by atoms with Gasteiger partial charge in [-0.05, 0) is 73.7 Å². The summed E-state index contributed by atoms with van der Waals surface area (Å²) in [4.78, 5) is 19.3. The average molecular weight is 469 g/mol. The maximum atomic E-state index is 12.7. The lowest BCUT2D eigenvalue weighted by molar-refractivity contribution is -0.132. The Labute approximate surface area is 198 Å². The van der Waals surface area contributed by atoms with Gasteiger partial charge in [0.25, 0.3) is 0 Å². The molecule has 1 N–H and O–H groups in total. The van der Waals surface area contributed by atoms with Crippen LogP contribution in [0.5, 0.6) is 0 Å². The predicted molar refractivity (Wildman–Crippen MR) is 130 cm³/mol. The van der Waals surface area contributed by atoms with Crippen molar-refractivity contribution in [3.63, 3.8) is 0 Å². The maximum Gasteiger partial charge on any atom is 0.239 e. The van der Waals surface area contributed by atoms with Crippen molar-refractivity contribution in [2.24, 2.45) is 0 Å². The van der Waals surface area contributed by atoms with Gasteiger partial charge in [0.1, 0.15) is 0 Å². The topological polar surface area (TPSA) is 50.2 Å². The number of aromatic nitrogens is 2. The summed E-state index contributed by atoms with van der Waals surface area (Å²) < 4.78 is 2.15. The molecule has 3 aromatic rings. The number of fused-ring (bicyclic) bond motifs is 1. The van der Waals surface area contributed by atoms with Crippen LogP contribution in [0.1, 0.15) is 43.4 Å². The van der Waals surface area contributed by atoms with Gasteiger partial charge in [0, 0.05) is 23.1 Å². The molecule has 32 heavy (non-hydrogen) atoms. The largest absolute Gasteiger partial charge is 0.337 e. The number of carbonyl (C=O) groups excluding carboxylic acids is 1. The fourth-order valence-electron chi connectivity index (χ4n) is 4.77. The van der Waals surface area contributed by atoms with Gasteiger partial charge in [-0.2, -0.15) is 0 Å². The number of imidazole rings is 1. The highest BCUT2D eigenvalue weighted by molar-refractivity contribution is 6.35. The number of halogens is 2. The van der Waals surface area contributed by atoms with Crippen molar-refractivity contribution in [2.45, 2.75) is 38.3 Å². The molecule has 3 heterocycles. The first-order valence-electron chi connectivity index (χ1n) is 11.1. The molecule has 2 aliphatic rings. The van der Waals surface area contributed by atoms with Crippen molar-refractivity contribution in [2.75, 3.05) is 19.6 Å². The molecule has 2 atom stereocenters. The van der Waals surface area contributed by atoms with E-state index in [1.54, 1.807) is 6.07 Å². The molecule has 1 aromatic heterocycles. The summed E-state index contributed by atoms with van der Waals surface area (Å²) in [7, 11) is 0. The summed E-state index contributed by atoms with van der Waals surface area (Å²) in [6.45, 7) is 4.49. The molecule has 0 aliphatic carbocycles. The Morgan fingerprint density at radius 1 is 1.22 bits per heavy atom. The minimum atomic E-state index is -0.00293. The van der Waals surface area contributed by atoms with Gasteiger partial charge >= 0.3 is 0 Å². The van der Waals surface area contributed by atoms with E-state index in [1.165, 1.54) is 11.1 Å². The molecule has 1 fully saturated rings. The average Bonchev–Trinajstić information content (AvgIpc) is 3.48. The number of nitrogens with zero attached hydrogens (tertiary/aromatic N) is 3. The minimum Gasteiger partial charge on any atom is -0.337 e. The van der Waals surface area contributed by atoms with Gasteiger partial charge in [0.05, 0.1) is 29.4 Å².